The van der Waals surface area contributed by atoms with Gasteiger partial charge in [-0.05, 0) is 62.2 Å². The molecule has 0 aromatic heterocycles. The monoisotopic (exact) mass is 443 g/mol. The quantitative estimate of drug-likeness (QED) is 0.269. The number of carbonyl (C=O) groups excluding carboxylic acids is 2. The molecule has 1 aliphatic rings. The van der Waals surface area contributed by atoms with Gasteiger partial charge in [0, 0.05) is 23.0 Å². The second-order valence-electron chi connectivity index (χ2n) is 7.94. The van der Waals surface area contributed by atoms with E-state index in [4.69, 9.17) is 10.6 Å². The minimum absolute atomic E-state index is 0.00277. The van der Waals surface area contributed by atoms with Crippen molar-refractivity contribution in [1.82, 2.24) is 5.01 Å². The Bertz CT molecular complexity index is 1310. The van der Waals surface area contributed by atoms with Crippen LogP contribution in [-0.2, 0) is 4.79 Å². The number of methoxy groups -OCH3 is 1. The molecule has 0 aliphatic carbocycles. The van der Waals surface area contributed by atoms with Crippen LogP contribution < -0.4 is 15.5 Å². The second-order valence-corrected chi connectivity index (χ2v) is 7.94. The van der Waals surface area contributed by atoms with Crippen molar-refractivity contribution in [2.24, 2.45) is 5.84 Å². The highest BCUT2D eigenvalue weighted by Gasteiger charge is 2.36. The Kier molecular flexibility index (Phi) is 5.66. The molecule has 4 rings (SSSR count). The average molecular weight is 444 g/mol. The summed E-state index contributed by atoms with van der Waals surface area (Å²) in [6, 6.07) is 17.5. The second kappa shape index (κ2) is 8.44. The van der Waals surface area contributed by atoms with Crippen LogP contribution in [0.1, 0.15) is 34.0 Å². The van der Waals surface area contributed by atoms with E-state index in [9.17, 15) is 14.7 Å². The van der Waals surface area contributed by atoms with Gasteiger partial charge in [-0.3, -0.25) is 14.5 Å². The van der Waals surface area contributed by atoms with Crippen molar-refractivity contribution in [3.63, 3.8) is 0 Å². The summed E-state index contributed by atoms with van der Waals surface area (Å²) in [4.78, 5) is 28.3. The molecule has 33 heavy (non-hydrogen) atoms. The number of anilines is 2. The van der Waals surface area contributed by atoms with Crippen molar-refractivity contribution in [1.29, 1.82) is 0 Å². The molecule has 0 atom stereocenters. The Hall–Kier alpha value is -4.10. The Morgan fingerprint density at radius 2 is 1.76 bits per heavy atom. The third-order valence-electron chi connectivity index (χ3n) is 5.96. The number of hydrogen-bond donors (Lipinski definition) is 2. The molecule has 0 unspecified atom stereocenters. The van der Waals surface area contributed by atoms with Crippen molar-refractivity contribution < 1.29 is 19.4 Å². The predicted octanol–water partition coefficient (Wildman–Crippen LogP) is 4.44. The largest absolute Gasteiger partial charge is 0.507 e. The van der Waals surface area contributed by atoms with Crippen molar-refractivity contribution in [2.75, 3.05) is 12.0 Å². The molecular weight excluding hydrogens is 418 g/mol. The molecule has 3 aromatic carbocycles. The fourth-order valence-electron chi connectivity index (χ4n) is 3.91. The number of aromatic hydroxyl groups is 1. The van der Waals surface area contributed by atoms with Gasteiger partial charge >= 0.3 is 0 Å². The topological polar surface area (TPSA) is 96.1 Å². The molecular formula is C26H25N3O4. The number of ether oxygens (including phenoxy) is 1. The number of fused-ring (bicyclic) bond motifs is 1. The number of amides is 2. The maximum atomic E-state index is 13.6. The predicted molar refractivity (Wildman–Crippen MR) is 127 cm³/mol. The van der Waals surface area contributed by atoms with E-state index < -0.39 is 5.91 Å². The van der Waals surface area contributed by atoms with Crippen LogP contribution in [0.3, 0.4) is 0 Å². The highest BCUT2D eigenvalue weighted by Crippen LogP contribution is 2.43. The number of para-hydroxylation sites is 1. The molecule has 3 N–H and O–H groups in total. The summed E-state index contributed by atoms with van der Waals surface area (Å²) >= 11 is 0. The fourth-order valence-corrected chi connectivity index (χ4v) is 3.91. The third-order valence-corrected chi connectivity index (χ3v) is 5.96. The Balaban J connectivity index is 1.78. The molecule has 0 spiro atoms. The van der Waals surface area contributed by atoms with Gasteiger partial charge in [-0.2, -0.15) is 0 Å². The van der Waals surface area contributed by atoms with Crippen LogP contribution >= 0.6 is 0 Å². The number of hydrogen-bond acceptors (Lipinski definition) is 5. The summed E-state index contributed by atoms with van der Waals surface area (Å²) in [6.45, 7) is 5.63. The van der Waals surface area contributed by atoms with Gasteiger partial charge < -0.3 is 9.84 Å². The van der Waals surface area contributed by atoms with Crippen molar-refractivity contribution >= 4 is 28.8 Å². The van der Waals surface area contributed by atoms with E-state index in [1.807, 2.05) is 56.3 Å². The van der Waals surface area contributed by atoms with E-state index in [-0.39, 0.29) is 22.9 Å². The Morgan fingerprint density at radius 3 is 2.42 bits per heavy atom. The van der Waals surface area contributed by atoms with Gasteiger partial charge in [-0.1, -0.05) is 24.3 Å². The lowest BCUT2D eigenvalue weighted by Gasteiger charge is -2.21. The fraction of sp³-hybridized carbons (Fsp3) is 0.154. The van der Waals surface area contributed by atoms with Crippen molar-refractivity contribution in [2.45, 2.75) is 20.8 Å². The average Bonchev–Trinajstić information content (AvgIpc) is 3.11. The van der Waals surface area contributed by atoms with Gasteiger partial charge in [0.2, 0.25) is 0 Å². The first-order valence-electron chi connectivity index (χ1n) is 10.4. The van der Waals surface area contributed by atoms with E-state index in [2.05, 4.69) is 0 Å². The summed E-state index contributed by atoms with van der Waals surface area (Å²) in [5, 5.41) is 11.2. The lowest BCUT2D eigenvalue weighted by molar-refractivity contribution is -0.112. The first-order chi connectivity index (χ1) is 15.7. The number of nitrogens with zero attached hydrogens (tertiary/aromatic N) is 2. The van der Waals surface area contributed by atoms with Crippen LogP contribution in [0.15, 0.2) is 66.4 Å². The molecule has 0 radical (unpaired) electrons. The first-order valence-corrected chi connectivity index (χ1v) is 10.4. The molecule has 0 saturated carbocycles. The summed E-state index contributed by atoms with van der Waals surface area (Å²) in [5.74, 6) is 5.40. The van der Waals surface area contributed by atoms with Crippen molar-refractivity contribution in [3.05, 3.63) is 88.6 Å². The number of nitrogens with two attached hydrogens (primary N) is 1. The lowest BCUT2D eigenvalue weighted by Crippen LogP contribution is -2.37. The highest BCUT2D eigenvalue weighted by atomic mass is 16.5. The summed E-state index contributed by atoms with van der Waals surface area (Å²) in [5.41, 5.74) is 4.94. The number of hydrazine groups is 1. The van der Waals surface area contributed by atoms with Gasteiger partial charge in [-0.25, -0.2) is 10.9 Å². The Labute approximate surface area is 192 Å². The minimum atomic E-state index is -0.643. The van der Waals surface area contributed by atoms with Crippen LogP contribution in [0, 0.1) is 13.8 Å². The zero-order valence-corrected chi connectivity index (χ0v) is 18.9. The summed E-state index contributed by atoms with van der Waals surface area (Å²) in [7, 11) is 1.46. The molecule has 168 valence electrons. The van der Waals surface area contributed by atoms with E-state index in [0.29, 0.717) is 22.6 Å². The smallest absolute Gasteiger partial charge is 0.275 e. The van der Waals surface area contributed by atoms with Gasteiger partial charge in [-0.15, -0.1) is 0 Å². The van der Waals surface area contributed by atoms with Gasteiger partial charge in [0.05, 0.1) is 23.9 Å². The summed E-state index contributed by atoms with van der Waals surface area (Å²) < 4.78 is 5.07. The molecule has 1 aliphatic heterocycles. The first kappa shape index (κ1) is 22.1. The van der Waals surface area contributed by atoms with E-state index in [1.54, 1.807) is 17.9 Å². The van der Waals surface area contributed by atoms with Crippen LogP contribution in [0.25, 0.3) is 5.57 Å². The molecule has 2 amide bonds. The molecule has 0 saturated heterocycles. The number of benzene rings is 3. The van der Waals surface area contributed by atoms with Gasteiger partial charge in [0.1, 0.15) is 11.5 Å². The molecule has 0 fully saturated rings. The SMILES string of the molecule is COc1ccc(C(=O)N(N)/C(C)=C2/C(=O)N(c3ccc(C)c(C)c3)c3ccccc32)c(O)c1. The van der Waals surface area contributed by atoms with Crippen LogP contribution in [0.2, 0.25) is 0 Å². The van der Waals surface area contributed by atoms with E-state index in [0.717, 1.165) is 21.8 Å². The van der Waals surface area contributed by atoms with E-state index >= 15 is 0 Å². The zero-order chi connectivity index (χ0) is 23.9. The maximum Gasteiger partial charge on any atom is 0.275 e. The Morgan fingerprint density at radius 1 is 1.03 bits per heavy atom. The van der Waals surface area contributed by atoms with Gasteiger partial charge in [0.15, 0.2) is 0 Å². The molecule has 3 aromatic rings. The number of allylic oxidation sites excluding steroid dienone is 1. The number of carbonyl (C=O) groups is 2. The number of aryl methyl sites for hydroxylation is 2. The third kappa shape index (κ3) is 3.72. The normalized spacial score (nSPS) is 14.2. The van der Waals surface area contributed by atoms with E-state index in [1.165, 1.54) is 19.2 Å². The lowest BCUT2D eigenvalue weighted by atomic mass is 10.0. The zero-order valence-electron chi connectivity index (χ0n) is 18.9. The number of phenols is 1. The highest BCUT2D eigenvalue weighted by molar-refractivity contribution is 6.35. The standard InChI is InChI=1S/C26H25N3O4/c1-15-9-10-18(13-16(15)2)28-22-8-6-5-7-20(22)24(26(28)32)17(3)29(27)25(31)21-12-11-19(33-4)14-23(21)30/h5-14,30H,27H2,1-4H3/b24-17+. The molecule has 7 heteroatoms. The van der Waals surface area contributed by atoms with Crippen molar-refractivity contribution in [3.8, 4) is 11.5 Å². The van der Waals surface area contributed by atoms with Crippen LogP contribution in [-0.4, -0.2) is 29.0 Å². The molecule has 0 bridgehead atoms. The molecule has 7 nitrogen and oxygen atoms in total. The number of rotatable bonds is 4. The number of phenolic OH excluding ortho intramolecular Hbond substituents is 1. The summed E-state index contributed by atoms with van der Waals surface area (Å²) in [6.07, 6.45) is 0. The minimum Gasteiger partial charge on any atom is -0.507 e. The van der Waals surface area contributed by atoms with Gasteiger partial charge in [0.25, 0.3) is 11.8 Å². The molecule has 1 heterocycles. The van der Waals surface area contributed by atoms with Crippen LogP contribution in [0.4, 0.5) is 11.4 Å². The van der Waals surface area contributed by atoms with Crippen LogP contribution in [0.5, 0.6) is 11.5 Å². The maximum absolute atomic E-state index is 13.6.